The molecule has 28 heavy (non-hydrogen) atoms. The zero-order chi connectivity index (χ0) is 20.7. The monoisotopic (exact) mass is 407 g/mol. The third-order valence-corrected chi connectivity index (χ3v) is 3.95. The van der Waals surface area contributed by atoms with E-state index >= 15 is 0 Å². The molecule has 148 valence electrons. The molecule has 2 amide bonds. The van der Waals surface area contributed by atoms with Crippen LogP contribution in [0, 0.1) is 11.7 Å². The van der Waals surface area contributed by atoms with Crippen molar-refractivity contribution < 1.29 is 23.8 Å². The van der Waals surface area contributed by atoms with Crippen LogP contribution in [-0.2, 0) is 9.59 Å². The fraction of sp³-hybridized carbons (Fsp3) is 0.211. The van der Waals surface area contributed by atoms with E-state index in [2.05, 4.69) is 15.8 Å². The number of hydrazone groups is 1. The number of hydrogen-bond acceptors (Lipinski definition) is 5. The maximum atomic E-state index is 13.6. The maximum Gasteiger partial charge on any atom is 0.252 e. The van der Waals surface area contributed by atoms with E-state index < -0.39 is 23.5 Å². The Balaban J connectivity index is 1.99. The number of rotatable bonds is 7. The zero-order valence-electron chi connectivity index (χ0n) is 15.2. The summed E-state index contributed by atoms with van der Waals surface area (Å²) in [5.41, 5.74) is 2.68. The average Bonchev–Trinajstić information content (AvgIpc) is 2.66. The molecule has 7 nitrogen and oxygen atoms in total. The van der Waals surface area contributed by atoms with Crippen LogP contribution in [0.1, 0.15) is 19.4 Å². The fourth-order valence-electron chi connectivity index (χ4n) is 2.12. The number of phenols is 1. The first kappa shape index (κ1) is 21.2. The zero-order valence-corrected chi connectivity index (χ0v) is 16.0. The van der Waals surface area contributed by atoms with Gasteiger partial charge in [0.1, 0.15) is 11.7 Å². The predicted molar refractivity (Wildman–Crippen MR) is 104 cm³/mol. The van der Waals surface area contributed by atoms with Gasteiger partial charge in [-0.15, -0.1) is 0 Å². The Morgan fingerprint density at radius 2 is 2.04 bits per heavy atom. The molecule has 0 aliphatic rings. The van der Waals surface area contributed by atoms with E-state index in [1.54, 1.807) is 13.0 Å². The molecule has 3 N–H and O–H groups in total. The Morgan fingerprint density at radius 3 is 2.71 bits per heavy atom. The van der Waals surface area contributed by atoms with Gasteiger partial charge in [0.05, 0.1) is 23.5 Å². The normalized spacial score (nSPS) is 11.9. The van der Waals surface area contributed by atoms with E-state index in [1.807, 2.05) is 0 Å². The molecule has 0 aliphatic heterocycles. The molecule has 0 radical (unpaired) electrons. The molecule has 9 heteroatoms. The van der Waals surface area contributed by atoms with Crippen molar-refractivity contribution in [1.29, 1.82) is 0 Å². The number of anilines is 1. The summed E-state index contributed by atoms with van der Waals surface area (Å²) in [6.07, 6.45) is 1.28. The van der Waals surface area contributed by atoms with Crippen LogP contribution >= 0.6 is 11.6 Å². The third kappa shape index (κ3) is 5.43. The van der Waals surface area contributed by atoms with Crippen molar-refractivity contribution in [2.24, 2.45) is 11.0 Å². The Kier molecular flexibility index (Phi) is 7.34. The highest BCUT2D eigenvalue weighted by atomic mass is 35.5. The number of benzene rings is 2. The molecule has 0 saturated carbocycles. The van der Waals surface area contributed by atoms with Crippen LogP contribution in [0.5, 0.6) is 11.5 Å². The SMILES string of the molecule is CCOc1cc(/C=N/NC(=O)C(C)C(=O)Nc2ccccc2F)cc(Cl)c1O. The van der Waals surface area contributed by atoms with Crippen molar-refractivity contribution in [3.8, 4) is 11.5 Å². The molecule has 0 heterocycles. The summed E-state index contributed by atoms with van der Waals surface area (Å²) in [7, 11) is 0. The summed E-state index contributed by atoms with van der Waals surface area (Å²) >= 11 is 5.92. The number of nitrogens with one attached hydrogen (secondary N) is 2. The molecule has 2 aromatic rings. The van der Waals surface area contributed by atoms with Gasteiger partial charge in [-0.25, -0.2) is 9.82 Å². The summed E-state index contributed by atoms with van der Waals surface area (Å²) in [4.78, 5) is 24.2. The number of phenolic OH excluding ortho intramolecular Hbond substituents is 1. The van der Waals surface area contributed by atoms with E-state index in [0.29, 0.717) is 12.2 Å². The topological polar surface area (TPSA) is 100 Å². The fourth-order valence-corrected chi connectivity index (χ4v) is 2.34. The number of halogens is 2. The van der Waals surface area contributed by atoms with Crippen LogP contribution in [0.3, 0.4) is 0 Å². The number of para-hydroxylation sites is 1. The molecule has 0 saturated heterocycles. The standard InChI is InChI=1S/C19H19ClFN3O4/c1-3-28-16-9-12(8-13(20)17(16)25)10-22-24-19(27)11(2)18(26)23-15-7-5-4-6-14(15)21/h4-11,25H,3H2,1-2H3,(H,23,26)(H,24,27)/b22-10+. The lowest BCUT2D eigenvalue weighted by atomic mass is 10.1. The van der Waals surface area contributed by atoms with Crippen molar-refractivity contribution in [1.82, 2.24) is 5.43 Å². The quantitative estimate of drug-likeness (QED) is 0.372. The molecule has 1 atom stereocenters. The maximum absolute atomic E-state index is 13.6. The van der Waals surface area contributed by atoms with Crippen molar-refractivity contribution >= 4 is 35.3 Å². The van der Waals surface area contributed by atoms with Crippen molar-refractivity contribution in [3.63, 3.8) is 0 Å². The Morgan fingerprint density at radius 1 is 1.32 bits per heavy atom. The number of hydrogen-bond donors (Lipinski definition) is 3. The summed E-state index contributed by atoms with van der Waals surface area (Å²) in [6, 6.07) is 8.57. The first-order valence-corrected chi connectivity index (χ1v) is 8.74. The number of aromatic hydroxyl groups is 1. The minimum Gasteiger partial charge on any atom is -0.503 e. The van der Waals surface area contributed by atoms with Gasteiger partial charge in [-0.3, -0.25) is 9.59 Å². The van der Waals surface area contributed by atoms with Gasteiger partial charge in [0, 0.05) is 0 Å². The van der Waals surface area contributed by atoms with Crippen molar-refractivity contribution in [2.45, 2.75) is 13.8 Å². The molecule has 0 bridgehead atoms. The van der Waals surface area contributed by atoms with E-state index in [-0.39, 0.29) is 22.2 Å². The van der Waals surface area contributed by atoms with Crippen LogP contribution in [-0.4, -0.2) is 29.7 Å². The highest BCUT2D eigenvalue weighted by Crippen LogP contribution is 2.34. The lowest BCUT2D eigenvalue weighted by Gasteiger charge is -2.11. The number of nitrogens with zero attached hydrogens (tertiary/aromatic N) is 1. The first-order chi connectivity index (χ1) is 13.3. The smallest absolute Gasteiger partial charge is 0.252 e. The average molecular weight is 408 g/mol. The number of amides is 2. The highest BCUT2D eigenvalue weighted by molar-refractivity contribution is 6.32. The van der Waals surface area contributed by atoms with Crippen LogP contribution in [0.25, 0.3) is 0 Å². The molecule has 0 spiro atoms. The number of carbonyl (C=O) groups excluding carboxylic acids is 2. The van der Waals surface area contributed by atoms with Crippen molar-refractivity contribution in [3.05, 3.63) is 52.8 Å². The second-order valence-electron chi connectivity index (χ2n) is 5.71. The summed E-state index contributed by atoms with van der Waals surface area (Å²) in [6.45, 7) is 3.45. The molecule has 2 aromatic carbocycles. The molecule has 0 fully saturated rings. The van der Waals surface area contributed by atoms with E-state index in [4.69, 9.17) is 16.3 Å². The minimum absolute atomic E-state index is 0.0159. The second kappa shape index (κ2) is 9.70. The van der Waals surface area contributed by atoms with E-state index in [0.717, 1.165) is 0 Å². The molecular weight excluding hydrogens is 389 g/mol. The van der Waals surface area contributed by atoms with Gasteiger partial charge in [0.2, 0.25) is 5.91 Å². The Bertz CT molecular complexity index is 905. The molecule has 1 unspecified atom stereocenters. The summed E-state index contributed by atoms with van der Waals surface area (Å²) in [5.74, 6) is -3.08. The van der Waals surface area contributed by atoms with Crippen LogP contribution in [0.2, 0.25) is 5.02 Å². The van der Waals surface area contributed by atoms with Gasteiger partial charge >= 0.3 is 0 Å². The summed E-state index contributed by atoms with van der Waals surface area (Å²) < 4.78 is 18.8. The third-order valence-electron chi connectivity index (χ3n) is 3.66. The molecular formula is C19H19ClFN3O4. The van der Waals surface area contributed by atoms with Crippen LogP contribution in [0.4, 0.5) is 10.1 Å². The predicted octanol–water partition coefficient (Wildman–Crippen LogP) is 3.31. The van der Waals surface area contributed by atoms with Gasteiger partial charge in [0.25, 0.3) is 5.91 Å². The number of carbonyl (C=O) groups is 2. The van der Waals surface area contributed by atoms with E-state index in [1.165, 1.54) is 43.5 Å². The van der Waals surface area contributed by atoms with Crippen molar-refractivity contribution in [2.75, 3.05) is 11.9 Å². The lowest BCUT2D eigenvalue weighted by molar-refractivity contribution is -0.131. The summed E-state index contributed by atoms with van der Waals surface area (Å²) in [5, 5.41) is 16.0. The second-order valence-corrected chi connectivity index (χ2v) is 6.11. The number of ether oxygens (including phenoxy) is 1. The largest absolute Gasteiger partial charge is 0.503 e. The van der Waals surface area contributed by atoms with Gasteiger partial charge in [-0.2, -0.15) is 5.10 Å². The van der Waals surface area contributed by atoms with Crippen LogP contribution < -0.4 is 15.5 Å². The highest BCUT2D eigenvalue weighted by Gasteiger charge is 2.22. The Hall–Kier alpha value is -3.13. The van der Waals surface area contributed by atoms with Gasteiger partial charge < -0.3 is 15.2 Å². The Labute approximate surface area is 166 Å². The molecule has 2 rings (SSSR count). The van der Waals surface area contributed by atoms with Gasteiger partial charge in [-0.1, -0.05) is 23.7 Å². The van der Waals surface area contributed by atoms with Gasteiger partial charge in [0.15, 0.2) is 11.5 Å². The van der Waals surface area contributed by atoms with Gasteiger partial charge in [-0.05, 0) is 43.7 Å². The first-order valence-electron chi connectivity index (χ1n) is 8.37. The lowest BCUT2D eigenvalue weighted by Crippen LogP contribution is -2.34. The van der Waals surface area contributed by atoms with Crippen LogP contribution in [0.15, 0.2) is 41.5 Å². The molecule has 0 aliphatic carbocycles. The minimum atomic E-state index is -1.11. The molecule has 0 aromatic heterocycles. The van der Waals surface area contributed by atoms with E-state index in [9.17, 15) is 19.1 Å².